The highest BCUT2D eigenvalue weighted by Crippen LogP contribution is 2.33. The molecule has 0 saturated carbocycles. The maximum atomic E-state index is 13.3. The number of aromatic nitrogens is 1. The maximum absolute atomic E-state index is 13.3. The van der Waals surface area contributed by atoms with Crippen molar-refractivity contribution in [1.29, 1.82) is 0 Å². The Morgan fingerprint density at radius 2 is 1.40 bits per heavy atom. The molecule has 8 nitrogen and oxygen atoms in total. The zero-order valence-electron chi connectivity index (χ0n) is 16.2. The molecule has 30 heavy (non-hydrogen) atoms. The molecule has 4 rings (SSSR count). The molecule has 8 heteroatoms. The monoisotopic (exact) mass is 407 g/mol. The molecule has 0 spiro atoms. The minimum absolute atomic E-state index is 0.00661. The van der Waals surface area contributed by atoms with Crippen LogP contribution in [0.2, 0.25) is 0 Å². The van der Waals surface area contributed by atoms with E-state index in [0.29, 0.717) is 13.0 Å². The molecule has 0 amide bonds. The van der Waals surface area contributed by atoms with E-state index in [1.807, 2.05) is 0 Å². The van der Waals surface area contributed by atoms with Gasteiger partial charge >= 0.3 is 0 Å². The van der Waals surface area contributed by atoms with Crippen molar-refractivity contribution in [1.82, 2.24) is 4.98 Å². The van der Waals surface area contributed by atoms with E-state index in [1.54, 1.807) is 24.3 Å². The molecule has 0 aliphatic heterocycles. The van der Waals surface area contributed by atoms with E-state index in [1.165, 1.54) is 0 Å². The minimum atomic E-state index is -0.680. The molecule has 3 aromatic carbocycles. The largest absolute Gasteiger partial charge is 0.397 e. The SMILES string of the molecule is Nc1c2c(=O)[nH]c(=O)c2c(NCCCCCCO)c2c(=O)c3ccccc3c(=O)c12. The van der Waals surface area contributed by atoms with E-state index in [-0.39, 0.29) is 50.3 Å². The summed E-state index contributed by atoms with van der Waals surface area (Å²) in [7, 11) is 0. The van der Waals surface area contributed by atoms with Gasteiger partial charge in [0.2, 0.25) is 0 Å². The smallest absolute Gasteiger partial charge is 0.261 e. The number of nitrogens with one attached hydrogen (secondary N) is 2. The summed E-state index contributed by atoms with van der Waals surface area (Å²) in [5.74, 6) is 0. The zero-order chi connectivity index (χ0) is 21.4. The van der Waals surface area contributed by atoms with Crippen LogP contribution in [0.15, 0.2) is 43.4 Å². The summed E-state index contributed by atoms with van der Waals surface area (Å²) < 4.78 is 0. The van der Waals surface area contributed by atoms with Crippen LogP contribution in [0.1, 0.15) is 25.7 Å². The van der Waals surface area contributed by atoms with E-state index in [0.717, 1.165) is 19.3 Å². The molecule has 4 aromatic rings. The number of benzene rings is 3. The summed E-state index contributed by atoms with van der Waals surface area (Å²) in [6.45, 7) is 0.559. The predicted octanol–water partition coefficient (Wildman–Crippen LogP) is 1.34. The Morgan fingerprint density at radius 3 is 2.07 bits per heavy atom. The summed E-state index contributed by atoms with van der Waals surface area (Å²) in [6.07, 6.45) is 3.11. The number of H-pyrrole nitrogens is 1. The van der Waals surface area contributed by atoms with Crippen LogP contribution in [-0.4, -0.2) is 23.2 Å². The van der Waals surface area contributed by atoms with Crippen molar-refractivity contribution >= 4 is 43.7 Å². The number of aliphatic hydroxyl groups excluding tert-OH is 1. The van der Waals surface area contributed by atoms with Gasteiger partial charge in [-0.05, 0) is 12.8 Å². The number of hydrogen-bond acceptors (Lipinski definition) is 7. The Kier molecular flexibility index (Phi) is 5.09. The van der Waals surface area contributed by atoms with E-state index in [4.69, 9.17) is 10.8 Å². The van der Waals surface area contributed by atoms with Gasteiger partial charge in [0, 0.05) is 23.9 Å². The van der Waals surface area contributed by atoms with Crippen LogP contribution in [-0.2, 0) is 0 Å². The fraction of sp³-hybridized carbons (Fsp3) is 0.273. The summed E-state index contributed by atoms with van der Waals surface area (Å²) >= 11 is 0. The van der Waals surface area contributed by atoms with Gasteiger partial charge in [-0.3, -0.25) is 24.2 Å². The van der Waals surface area contributed by atoms with Crippen molar-refractivity contribution < 1.29 is 5.11 Å². The Bertz CT molecular complexity index is 1480. The molecule has 0 unspecified atom stereocenters. The quantitative estimate of drug-likeness (QED) is 0.157. The first-order valence-electron chi connectivity index (χ1n) is 9.85. The third-order valence-corrected chi connectivity index (χ3v) is 5.48. The van der Waals surface area contributed by atoms with Crippen molar-refractivity contribution in [2.24, 2.45) is 0 Å². The molecule has 0 aliphatic rings. The van der Waals surface area contributed by atoms with Crippen LogP contribution in [0.4, 0.5) is 11.4 Å². The second kappa shape index (κ2) is 7.72. The van der Waals surface area contributed by atoms with Gasteiger partial charge < -0.3 is 16.2 Å². The molecule has 1 heterocycles. The first-order chi connectivity index (χ1) is 14.5. The van der Waals surface area contributed by atoms with Crippen molar-refractivity contribution in [3.05, 3.63) is 65.4 Å². The standard InChI is InChI=1S/C22H21N3O5/c23-17-13-15(20(28)12-8-4-3-7-11(12)19(13)27)18(24-9-5-1-2-6-10-26)16-14(17)21(29)25-22(16)30/h3-4,7-8,24,26H,1-2,5-6,9-10,23H2,(H,25,29,30). The average molecular weight is 407 g/mol. The molecule has 0 saturated heterocycles. The minimum Gasteiger partial charge on any atom is -0.397 e. The molecule has 5 N–H and O–H groups in total. The van der Waals surface area contributed by atoms with Gasteiger partial charge in [0.25, 0.3) is 11.1 Å². The number of fused-ring (bicyclic) bond motifs is 3. The second-order valence-corrected chi connectivity index (χ2v) is 7.34. The molecule has 0 radical (unpaired) electrons. The number of nitrogen functional groups attached to an aromatic ring is 1. The van der Waals surface area contributed by atoms with Crippen LogP contribution in [0.5, 0.6) is 0 Å². The fourth-order valence-electron chi connectivity index (χ4n) is 4.05. The zero-order valence-corrected chi connectivity index (χ0v) is 16.2. The lowest BCUT2D eigenvalue weighted by Crippen LogP contribution is -2.18. The molecular weight excluding hydrogens is 386 g/mol. The van der Waals surface area contributed by atoms with Crippen LogP contribution in [0.25, 0.3) is 32.3 Å². The van der Waals surface area contributed by atoms with Crippen molar-refractivity contribution in [3.8, 4) is 0 Å². The third-order valence-electron chi connectivity index (χ3n) is 5.48. The molecule has 1 aromatic heterocycles. The van der Waals surface area contributed by atoms with Crippen molar-refractivity contribution in [2.75, 3.05) is 24.2 Å². The Balaban J connectivity index is 2.03. The van der Waals surface area contributed by atoms with Crippen LogP contribution < -0.4 is 33.0 Å². The number of nitrogens with two attached hydrogens (primary N) is 1. The van der Waals surface area contributed by atoms with Gasteiger partial charge in [-0.1, -0.05) is 37.1 Å². The topological polar surface area (TPSA) is 142 Å². The second-order valence-electron chi connectivity index (χ2n) is 7.34. The number of unbranched alkanes of at least 4 members (excludes halogenated alkanes) is 3. The Hall–Kier alpha value is -3.52. The van der Waals surface area contributed by atoms with Gasteiger partial charge in [-0.2, -0.15) is 0 Å². The number of rotatable bonds is 7. The van der Waals surface area contributed by atoms with E-state index in [2.05, 4.69) is 10.3 Å². The first kappa shape index (κ1) is 19.8. The van der Waals surface area contributed by atoms with Gasteiger partial charge in [-0.15, -0.1) is 0 Å². The van der Waals surface area contributed by atoms with Crippen LogP contribution in [0, 0.1) is 0 Å². The lowest BCUT2D eigenvalue weighted by molar-refractivity contribution is 0.283. The van der Waals surface area contributed by atoms with Gasteiger partial charge in [0.05, 0.1) is 32.9 Å². The van der Waals surface area contributed by atoms with E-state index in [9.17, 15) is 19.2 Å². The van der Waals surface area contributed by atoms with Crippen LogP contribution >= 0.6 is 0 Å². The van der Waals surface area contributed by atoms with Crippen molar-refractivity contribution in [2.45, 2.75) is 25.7 Å². The number of anilines is 2. The Morgan fingerprint density at radius 1 is 0.800 bits per heavy atom. The average Bonchev–Trinajstić information content (AvgIpc) is 3.04. The Labute approximate surface area is 169 Å². The van der Waals surface area contributed by atoms with Gasteiger partial charge in [-0.25, -0.2) is 0 Å². The highest BCUT2D eigenvalue weighted by atomic mass is 16.3. The van der Waals surface area contributed by atoms with Gasteiger partial charge in [0.15, 0.2) is 10.9 Å². The first-order valence-corrected chi connectivity index (χ1v) is 9.85. The number of aliphatic hydroxyl groups is 1. The van der Waals surface area contributed by atoms with E-state index >= 15 is 0 Å². The van der Waals surface area contributed by atoms with Gasteiger partial charge in [0.1, 0.15) is 0 Å². The summed E-state index contributed by atoms with van der Waals surface area (Å²) in [5, 5.41) is 12.4. The molecule has 154 valence electrons. The summed E-state index contributed by atoms with van der Waals surface area (Å²) in [6, 6.07) is 6.42. The predicted molar refractivity (Wildman–Crippen MR) is 119 cm³/mol. The van der Waals surface area contributed by atoms with Crippen LogP contribution in [0.3, 0.4) is 0 Å². The highest BCUT2D eigenvalue weighted by molar-refractivity contribution is 6.21. The summed E-state index contributed by atoms with van der Waals surface area (Å²) in [4.78, 5) is 53.5. The molecule has 0 aliphatic carbocycles. The molecule has 0 fully saturated rings. The third kappa shape index (κ3) is 2.96. The summed E-state index contributed by atoms with van der Waals surface area (Å²) in [5.41, 5.74) is 4.00. The lowest BCUT2D eigenvalue weighted by atomic mass is 9.96. The van der Waals surface area contributed by atoms with E-state index < -0.39 is 22.0 Å². The molecular formula is C22H21N3O5. The normalized spacial score (nSPS) is 11.6. The fourth-order valence-corrected chi connectivity index (χ4v) is 4.05. The highest BCUT2D eigenvalue weighted by Gasteiger charge is 2.24. The lowest BCUT2D eigenvalue weighted by Gasteiger charge is -2.13. The van der Waals surface area contributed by atoms with Crippen molar-refractivity contribution in [3.63, 3.8) is 0 Å². The maximum Gasteiger partial charge on any atom is 0.261 e. The molecule has 0 bridgehead atoms. The molecule has 0 atom stereocenters. The number of hydrogen-bond donors (Lipinski definition) is 4. The number of aromatic amines is 1.